The van der Waals surface area contributed by atoms with Crippen LogP contribution < -0.4 is 10.6 Å². The molecule has 1 aliphatic rings. The van der Waals surface area contributed by atoms with Crippen LogP contribution in [0.4, 0.5) is 5.69 Å². The number of benzene rings is 2. The van der Waals surface area contributed by atoms with Crippen LogP contribution in [-0.2, 0) is 16.1 Å². The number of anilines is 1. The summed E-state index contributed by atoms with van der Waals surface area (Å²) in [7, 11) is 0. The van der Waals surface area contributed by atoms with Crippen LogP contribution in [0.2, 0.25) is 5.02 Å². The molecular weight excluding hydrogens is 336 g/mol. The van der Waals surface area contributed by atoms with Crippen molar-refractivity contribution in [1.29, 1.82) is 0 Å². The van der Waals surface area contributed by atoms with Gasteiger partial charge in [0.05, 0.1) is 11.8 Å². The van der Waals surface area contributed by atoms with E-state index in [1.807, 2.05) is 50.2 Å². The minimum absolute atomic E-state index is 0.0911. The van der Waals surface area contributed by atoms with Crippen molar-refractivity contribution in [2.75, 3.05) is 5.32 Å². The van der Waals surface area contributed by atoms with Crippen LogP contribution in [-0.4, -0.2) is 11.8 Å². The lowest BCUT2D eigenvalue weighted by Crippen LogP contribution is -2.27. The van der Waals surface area contributed by atoms with Crippen molar-refractivity contribution in [3.8, 4) is 0 Å². The predicted octanol–water partition coefficient (Wildman–Crippen LogP) is 3.85. The zero-order valence-corrected chi connectivity index (χ0v) is 15.1. The molecule has 0 bridgehead atoms. The van der Waals surface area contributed by atoms with Gasteiger partial charge in [0, 0.05) is 17.3 Å². The number of carbonyl (C=O) groups excluding carboxylic acids is 2. The SMILES string of the molecule is Cc1ccc(C)c(NC(=O)C2CC2C(=O)NCc2ccccc2Cl)c1. The second-order valence-electron chi connectivity index (χ2n) is 6.57. The number of halogens is 1. The standard InChI is InChI=1S/C20H21ClN2O2/c1-12-7-8-13(2)18(9-12)23-20(25)16-10-15(16)19(24)22-11-14-5-3-4-6-17(14)21/h3-9,15-16H,10-11H2,1-2H3,(H,22,24)(H,23,25). The Morgan fingerprint density at radius 3 is 2.56 bits per heavy atom. The van der Waals surface area contributed by atoms with Gasteiger partial charge in [-0.2, -0.15) is 0 Å². The smallest absolute Gasteiger partial charge is 0.228 e. The van der Waals surface area contributed by atoms with E-state index in [0.29, 0.717) is 18.0 Å². The number of hydrogen-bond acceptors (Lipinski definition) is 2. The van der Waals surface area contributed by atoms with Crippen molar-refractivity contribution in [3.05, 3.63) is 64.2 Å². The van der Waals surface area contributed by atoms with E-state index in [1.165, 1.54) is 0 Å². The van der Waals surface area contributed by atoms with Crippen molar-refractivity contribution in [2.24, 2.45) is 11.8 Å². The lowest BCUT2D eigenvalue weighted by Gasteiger charge is -2.10. The number of nitrogens with one attached hydrogen (secondary N) is 2. The van der Waals surface area contributed by atoms with E-state index in [0.717, 1.165) is 22.4 Å². The quantitative estimate of drug-likeness (QED) is 0.854. The average Bonchev–Trinajstić information content (AvgIpc) is 3.38. The molecule has 1 saturated carbocycles. The average molecular weight is 357 g/mol. The van der Waals surface area contributed by atoms with Crippen molar-refractivity contribution >= 4 is 29.1 Å². The summed E-state index contributed by atoms with van der Waals surface area (Å²) >= 11 is 6.08. The van der Waals surface area contributed by atoms with Crippen LogP contribution in [0.15, 0.2) is 42.5 Å². The van der Waals surface area contributed by atoms with Gasteiger partial charge in [0.25, 0.3) is 0 Å². The molecule has 2 amide bonds. The fourth-order valence-corrected chi connectivity index (χ4v) is 3.03. The van der Waals surface area contributed by atoms with Crippen molar-refractivity contribution in [1.82, 2.24) is 5.32 Å². The Kier molecular flexibility index (Phi) is 5.09. The molecule has 0 saturated heterocycles. The summed E-state index contributed by atoms with van der Waals surface area (Å²) in [5.41, 5.74) is 3.78. The highest BCUT2D eigenvalue weighted by atomic mass is 35.5. The third kappa shape index (κ3) is 4.20. The summed E-state index contributed by atoms with van der Waals surface area (Å²) in [6.45, 7) is 4.31. The van der Waals surface area contributed by atoms with Crippen LogP contribution in [0.5, 0.6) is 0 Å². The highest BCUT2D eigenvalue weighted by Crippen LogP contribution is 2.39. The Balaban J connectivity index is 1.53. The Hall–Kier alpha value is -2.33. The minimum Gasteiger partial charge on any atom is -0.352 e. The molecule has 2 N–H and O–H groups in total. The molecule has 2 aromatic carbocycles. The molecule has 3 rings (SSSR count). The lowest BCUT2D eigenvalue weighted by atomic mass is 10.1. The molecule has 130 valence electrons. The first-order chi connectivity index (χ1) is 12.0. The van der Waals surface area contributed by atoms with E-state index in [1.54, 1.807) is 6.07 Å². The number of hydrogen-bond donors (Lipinski definition) is 2. The molecule has 2 aromatic rings. The number of carbonyl (C=O) groups is 2. The van der Waals surface area contributed by atoms with E-state index >= 15 is 0 Å². The third-order valence-corrected chi connectivity index (χ3v) is 4.89. The molecule has 2 atom stereocenters. The molecule has 1 aliphatic carbocycles. The van der Waals surface area contributed by atoms with E-state index < -0.39 is 0 Å². The summed E-state index contributed by atoms with van der Waals surface area (Å²) in [5.74, 6) is -0.702. The monoisotopic (exact) mass is 356 g/mol. The minimum atomic E-state index is -0.258. The summed E-state index contributed by atoms with van der Waals surface area (Å²) in [6.07, 6.45) is 0.588. The first-order valence-electron chi connectivity index (χ1n) is 8.35. The first-order valence-corrected chi connectivity index (χ1v) is 8.72. The fraction of sp³-hybridized carbons (Fsp3) is 0.300. The number of amides is 2. The Labute approximate surface area is 152 Å². The number of rotatable bonds is 5. The molecular formula is C20H21ClN2O2. The normalized spacial score (nSPS) is 18.5. The third-order valence-electron chi connectivity index (χ3n) is 4.53. The molecule has 25 heavy (non-hydrogen) atoms. The van der Waals surface area contributed by atoms with Gasteiger partial charge in [0.15, 0.2) is 0 Å². The Bertz CT molecular complexity index is 819. The van der Waals surface area contributed by atoms with Gasteiger partial charge in [-0.25, -0.2) is 0 Å². The van der Waals surface area contributed by atoms with Crippen LogP contribution in [0, 0.1) is 25.7 Å². The molecule has 0 heterocycles. The van der Waals surface area contributed by atoms with Crippen molar-refractivity contribution in [2.45, 2.75) is 26.8 Å². The predicted molar refractivity (Wildman–Crippen MR) is 99.4 cm³/mol. The van der Waals surface area contributed by atoms with Gasteiger partial charge in [-0.3, -0.25) is 9.59 Å². The number of aryl methyl sites for hydroxylation is 2. The molecule has 5 heteroatoms. The van der Waals surface area contributed by atoms with Crippen molar-refractivity contribution in [3.63, 3.8) is 0 Å². The molecule has 0 radical (unpaired) electrons. The molecule has 2 unspecified atom stereocenters. The highest BCUT2D eigenvalue weighted by molar-refractivity contribution is 6.31. The molecule has 1 fully saturated rings. The van der Waals surface area contributed by atoms with Gasteiger partial charge in [-0.1, -0.05) is 41.9 Å². The van der Waals surface area contributed by atoms with E-state index in [9.17, 15) is 9.59 Å². The van der Waals surface area contributed by atoms with Crippen LogP contribution in [0.3, 0.4) is 0 Å². The van der Waals surface area contributed by atoms with Crippen LogP contribution in [0.25, 0.3) is 0 Å². The maximum Gasteiger partial charge on any atom is 0.228 e. The van der Waals surface area contributed by atoms with E-state index in [-0.39, 0.29) is 23.7 Å². The van der Waals surface area contributed by atoms with Gasteiger partial charge in [-0.05, 0) is 49.1 Å². The molecule has 0 aromatic heterocycles. The lowest BCUT2D eigenvalue weighted by molar-refractivity contribution is -0.125. The maximum atomic E-state index is 12.4. The molecule has 0 aliphatic heterocycles. The zero-order valence-electron chi connectivity index (χ0n) is 14.3. The van der Waals surface area contributed by atoms with Crippen molar-refractivity contribution < 1.29 is 9.59 Å². The van der Waals surface area contributed by atoms with Gasteiger partial charge in [0.2, 0.25) is 11.8 Å². The second kappa shape index (κ2) is 7.28. The summed E-state index contributed by atoms with van der Waals surface area (Å²) in [6, 6.07) is 13.3. The Morgan fingerprint density at radius 2 is 1.80 bits per heavy atom. The summed E-state index contributed by atoms with van der Waals surface area (Å²) in [4.78, 5) is 24.6. The highest BCUT2D eigenvalue weighted by Gasteiger charge is 2.48. The van der Waals surface area contributed by atoms with Gasteiger partial charge < -0.3 is 10.6 Å². The second-order valence-corrected chi connectivity index (χ2v) is 6.97. The van der Waals surface area contributed by atoms with Gasteiger partial charge in [-0.15, -0.1) is 0 Å². The topological polar surface area (TPSA) is 58.2 Å². The molecule has 4 nitrogen and oxygen atoms in total. The van der Waals surface area contributed by atoms with E-state index in [2.05, 4.69) is 10.6 Å². The van der Waals surface area contributed by atoms with Crippen LogP contribution >= 0.6 is 11.6 Å². The van der Waals surface area contributed by atoms with Gasteiger partial charge in [0.1, 0.15) is 0 Å². The van der Waals surface area contributed by atoms with Crippen LogP contribution in [0.1, 0.15) is 23.1 Å². The molecule has 0 spiro atoms. The first kappa shape index (κ1) is 17.5. The summed E-state index contributed by atoms with van der Waals surface area (Å²) < 4.78 is 0. The maximum absolute atomic E-state index is 12.4. The largest absolute Gasteiger partial charge is 0.352 e. The summed E-state index contributed by atoms with van der Waals surface area (Å²) in [5, 5.41) is 6.44. The zero-order chi connectivity index (χ0) is 18.0. The van der Waals surface area contributed by atoms with E-state index in [4.69, 9.17) is 11.6 Å². The fourth-order valence-electron chi connectivity index (χ4n) is 2.83. The van der Waals surface area contributed by atoms with Gasteiger partial charge >= 0.3 is 0 Å². The Morgan fingerprint density at radius 1 is 1.08 bits per heavy atom.